The molecule has 0 N–H and O–H groups in total. The Hall–Kier alpha value is -1.93. The smallest absolute Gasteiger partial charge is 0.227 e. The number of carbonyl (C=O) groups is 2. The van der Waals surface area contributed by atoms with E-state index in [-0.39, 0.29) is 23.5 Å². The van der Waals surface area contributed by atoms with E-state index in [0.29, 0.717) is 24.5 Å². The zero-order valence-corrected chi connectivity index (χ0v) is 12.7. The molecule has 0 aliphatic carbocycles. The average molecular weight is 303 g/mol. The van der Waals surface area contributed by atoms with Gasteiger partial charge in [0.1, 0.15) is 12.4 Å². The molecule has 1 aromatic carbocycles. The number of amides is 1. The summed E-state index contributed by atoms with van der Waals surface area (Å²) >= 11 is 1.27. The van der Waals surface area contributed by atoms with E-state index in [1.54, 1.807) is 17.9 Å². The van der Waals surface area contributed by atoms with Crippen LogP contribution in [0.5, 0.6) is 5.75 Å². The zero-order valence-electron chi connectivity index (χ0n) is 11.9. The van der Waals surface area contributed by atoms with Crippen LogP contribution in [0.25, 0.3) is 0 Å². The first kappa shape index (κ1) is 15.5. The maximum Gasteiger partial charge on any atom is 0.227 e. The maximum absolute atomic E-state index is 12.2. The second kappa shape index (κ2) is 7.19. The highest BCUT2D eigenvalue weighted by molar-refractivity contribution is 8.13. The van der Waals surface area contributed by atoms with Crippen molar-refractivity contribution < 1.29 is 14.3 Å². The summed E-state index contributed by atoms with van der Waals surface area (Å²) in [5.41, 5.74) is 0.744. The van der Waals surface area contributed by atoms with Gasteiger partial charge in [-0.15, -0.1) is 6.42 Å². The lowest BCUT2D eigenvalue weighted by Crippen LogP contribution is -2.25. The van der Waals surface area contributed by atoms with Gasteiger partial charge < -0.3 is 9.64 Å². The number of benzene rings is 1. The summed E-state index contributed by atoms with van der Waals surface area (Å²) < 4.78 is 5.49. The minimum absolute atomic E-state index is 0.0564. The van der Waals surface area contributed by atoms with Crippen molar-refractivity contribution in [1.82, 2.24) is 0 Å². The highest BCUT2D eigenvalue weighted by Crippen LogP contribution is 2.33. The molecule has 21 heavy (non-hydrogen) atoms. The molecule has 1 unspecified atom stereocenters. The summed E-state index contributed by atoms with van der Waals surface area (Å²) in [4.78, 5) is 24.9. The minimum atomic E-state index is 0.0564. The molecule has 1 aliphatic heterocycles. The number of terminal acetylenes is 1. The third-order valence-corrected chi connectivity index (χ3v) is 4.24. The van der Waals surface area contributed by atoms with Crippen molar-refractivity contribution in [1.29, 1.82) is 0 Å². The van der Waals surface area contributed by atoms with E-state index in [9.17, 15) is 9.59 Å². The molecular weight excluding hydrogens is 286 g/mol. The van der Waals surface area contributed by atoms with Crippen molar-refractivity contribution in [3.05, 3.63) is 24.3 Å². The molecule has 0 spiro atoms. The molecule has 110 valence electrons. The van der Waals surface area contributed by atoms with Gasteiger partial charge in [-0.3, -0.25) is 9.59 Å². The Kier molecular flexibility index (Phi) is 5.29. The number of ether oxygens (including phenoxy) is 1. The van der Waals surface area contributed by atoms with Gasteiger partial charge in [0.25, 0.3) is 0 Å². The Balaban J connectivity index is 2.10. The van der Waals surface area contributed by atoms with Gasteiger partial charge >= 0.3 is 0 Å². The third kappa shape index (κ3) is 4.02. The van der Waals surface area contributed by atoms with Crippen molar-refractivity contribution in [2.75, 3.05) is 23.8 Å². The SMILES string of the molecule is C#CCOc1ccccc1N1CC(CSC(C)=O)CC1=O. The van der Waals surface area contributed by atoms with E-state index in [4.69, 9.17) is 11.2 Å². The number of nitrogens with zero attached hydrogens (tertiary/aromatic N) is 1. The number of rotatable bonds is 5. The van der Waals surface area contributed by atoms with Crippen LogP contribution in [0.3, 0.4) is 0 Å². The van der Waals surface area contributed by atoms with Gasteiger partial charge in [-0.05, 0) is 18.1 Å². The second-order valence-electron chi connectivity index (χ2n) is 4.84. The first-order valence-electron chi connectivity index (χ1n) is 6.71. The molecule has 0 saturated carbocycles. The van der Waals surface area contributed by atoms with E-state index in [1.807, 2.05) is 18.2 Å². The van der Waals surface area contributed by atoms with Crippen LogP contribution < -0.4 is 9.64 Å². The van der Waals surface area contributed by atoms with Crippen LogP contribution in [0.2, 0.25) is 0 Å². The molecular formula is C16H17NO3S. The Morgan fingerprint density at radius 3 is 3.00 bits per heavy atom. The van der Waals surface area contributed by atoms with E-state index in [0.717, 1.165) is 5.69 Å². The molecule has 1 aliphatic rings. The summed E-state index contributed by atoms with van der Waals surface area (Å²) in [6.45, 7) is 2.32. The van der Waals surface area contributed by atoms with Gasteiger partial charge in [0.2, 0.25) is 5.91 Å². The lowest BCUT2D eigenvalue weighted by molar-refractivity contribution is -0.117. The standard InChI is InChI=1S/C16H17NO3S/c1-3-8-20-15-7-5-4-6-14(15)17-10-13(9-16(17)19)11-21-12(2)18/h1,4-7,13H,8-11H2,2H3. The fourth-order valence-electron chi connectivity index (χ4n) is 2.28. The fraction of sp³-hybridized carbons (Fsp3) is 0.375. The molecule has 0 bridgehead atoms. The van der Waals surface area contributed by atoms with Crippen molar-refractivity contribution in [2.45, 2.75) is 13.3 Å². The molecule has 2 rings (SSSR count). The molecule has 1 saturated heterocycles. The average Bonchev–Trinajstić information content (AvgIpc) is 2.84. The van der Waals surface area contributed by atoms with Crippen LogP contribution in [0, 0.1) is 18.3 Å². The third-order valence-electron chi connectivity index (χ3n) is 3.19. The highest BCUT2D eigenvalue weighted by atomic mass is 32.2. The number of hydrogen-bond acceptors (Lipinski definition) is 4. The predicted octanol–water partition coefficient (Wildman–Crippen LogP) is 2.33. The van der Waals surface area contributed by atoms with Crippen LogP contribution in [-0.2, 0) is 9.59 Å². The van der Waals surface area contributed by atoms with Crippen molar-refractivity contribution >= 4 is 28.5 Å². The lowest BCUT2D eigenvalue weighted by atomic mass is 10.1. The Labute approximate surface area is 128 Å². The molecule has 0 radical (unpaired) electrons. The summed E-state index contributed by atoms with van der Waals surface area (Å²) in [5.74, 6) is 3.95. The maximum atomic E-state index is 12.2. The molecule has 4 nitrogen and oxygen atoms in total. The van der Waals surface area contributed by atoms with Crippen LogP contribution in [0.4, 0.5) is 5.69 Å². The number of carbonyl (C=O) groups excluding carboxylic acids is 2. The van der Waals surface area contributed by atoms with Crippen molar-refractivity contribution in [2.24, 2.45) is 5.92 Å². The number of hydrogen-bond donors (Lipinski definition) is 0. The number of thioether (sulfide) groups is 1. The fourth-order valence-corrected chi connectivity index (χ4v) is 2.98. The van der Waals surface area contributed by atoms with Gasteiger partial charge in [0.05, 0.1) is 5.69 Å². The van der Waals surface area contributed by atoms with Gasteiger partial charge in [0, 0.05) is 25.6 Å². The quantitative estimate of drug-likeness (QED) is 0.783. The summed E-state index contributed by atoms with van der Waals surface area (Å²) in [6, 6.07) is 7.36. The largest absolute Gasteiger partial charge is 0.479 e. The summed E-state index contributed by atoms with van der Waals surface area (Å²) in [6.07, 6.45) is 5.67. The Morgan fingerprint density at radius 1 is 1.52 bits per heavy atom. The minimum Gasteiger partial charge on any atom is -0.479 e. The molecule has 0 aromatic heterocycles. The normalized spacial score (nSPS) is 17.6. The van der Waals surface area contributed by atoms with Crippen LogP contribution in [0.15, 0.2) is 24.3 Å². The topological polar surface area (TPSA) is 46.6 Å². The van der Waals surface area contributed by atoms with Gasteiger partial charge in [0.15, 0.2) is 5.12 Å². The molecule has 1 heterocycles. The van der Waals surface area contributed by atoms with Crippen molar-refractivity contribution in [3.8, 4) is 18.1 Å². The monoisotopic (exact) mass is 303 g/mol. The number of anilines is 1. The second-order valence-corrected chi connectivity index (χ2v) is 6.03. The first-order chi connectivity index (χ1) is 10.1. The number of para-hydroxylation sites is 2. The molecule has 5 heteroatoms. The van der Waals surface area contributed by atoms with Gasteiger partial charge in [-0.2, -0.15) is 0 Å². The van der Waals surface area contributed by atoms with Crippen LogP contribution in [-0.4, -0.2) is 29.9 Å². The lowest BCUT2D eigenvalue weighted by Gasteiger charge is -2.19. The summed E-state index contributed by atoms with van der Waals surface area (Å²) in [5, 5.41) is 0.0821. The predicted molar refractivity (Wildman–Crippen MR) is 84.4 cm³/mol. The highest BCUT2D eigenvalue weighted by Gasteiger charge is 2.32. The van der Waals surface area contributed by atoms with E-state index < -0.39 is 0 Å². The Morgan fingerprint density at radius 2 is 2.29 bits per heavy atom. The Bertz CT molecular complexity index is 579. The van der Waals surface area contributed by atoms with Crippen LogP contribution >= 0.6 is 11.8 Å². The summed E-state index contributed by atoms with van der Waals surface area (Å²) in [7, 11) is 0. The molecule has 1 fully saturated rings. The molecule has 1 aromatic rings. The van der Waals surface area contributed by atoms with E-state index >= 15 is 0 Å². The first-order valence-corrected chi connectivity index (χ1v) is 7.69. The van der Waals surface area contributed by atoms with Crippen LogP contribution in [0.1, 0.15) is 13.3 Å². The van der Waals surface area contributed by atoms with E-state index in [1.165, 1.54) is 11.8 Å². The molecule has 1 amide bonds. The van der Waals surface area contributed by atoms with Crippen molar-refractivity contribution in [3.63, 3.8) is 0 Å². The van der Waals surface area contributed by atoms with Gasteiger partial charge in [-0.25, -0.2) is 0 Å². The molecule has 1 atom stereocenters. The van der Waals surface area contributed by atoms with Gasteiger partial charge in [-0.1, -0.05) is 29.8 Å². The zero-order chi connectivity index (χ0) is 15.2. The van der Waals surface area contributed by atoms with E-state index in [2.05, 4.69) is 5.92 Å².